The summed E-state index contributed by atoms with van der Waals surface area (Å²) in [5, 5.41) is 8.59. The summed E-state index contributed by atoms with van der Waals surface area (Å²) in [6, 6.07) is 0. The van der Waals surface area contributed by atoms with Crippen LogP contribution in [0.5, 0.6) is 0 Å². The zero-order valence-corrected chi connectivity index (χ0v) is 14.2. The molecule has 0 aliphatic carbocycles. The van der Waals surface area contributed by atoms with Crippen molar-refractivity contribution < 1.29 is 0 Å². The van der Waals surface area contributed by atoms with Crippen LogP contribution in [-0.2, 0) is 13.6 Å². The van der Waals surface area contributed by atoms with Gasteiger partial charge in [0.2, 0.25) is 0 Å². The van der Waals surface area contributed by atoms with Gasteiger partial charge in [-0.25, -0.2) is 0 Å². The molecule has 2 rings (SSSR count). The normalized spacial score (nSPS) is 16.2. The average molecular weight is 309 g/mol. The summed E-state index contributed by atoms with van der Waals surface area (Å²) in [5.74, 6) is 0. The minimum Gasteiger partial charge on any atom is -0.363 e. The Morgan fingerprint density at radius 2 is 2.05 bits per heavy atom. The highest BCUT2D eigenvalue weighted by atomic mass is 32.1. The lowest BCUT2D eigenvalue weighted by Crippen LogP contribution is -2.51. The van der Waals surface area contributed by atoms with Gasteiger partial charge in [-0.1, -0.05) is 13.3 Å². The number of thiocarbonyl (C=S) groups is 1. The summed E-state index contributed by atoms with van der Waals surface area (Å²) in [4.78, 5) is 4.77. The molecule has 0 unspecified atom stereocenters. The van der Waals surface area contributed by atoms with Crippen LogP contribution in [0.2, 0.25) is 0 Å². The van der Waals surface area contributed by atoms with E-state index in [1.54, 1.807) is 0 Å². The number of hydrogen-bond acceptors (Lipinski definition) is 3. The molecule has 0 radical (unpaired) electrons. The number of piperazine rings is 1. The summed E-state index contributed by atoms with van der Waals surface area (Å²) >= 11 is 5.46. The summed E-state index contributed by atoms with van der Waals surface area (Å²) in [7, 11) is 2.00. The fourth-order valence-electron chi connectivity index (χ4n) is 2.53. The average Bonchev–Trinajstić information content (AvgIpc) is 2.80. The van der Waals surface area contributed by atoms with Gasteiger partial charge in [0.15, 0.2) is 5.11 Å². The second kappa shape index (κ2) is 7.75. The van der Waals surface area contributed by atoms with E-state index < -0.39 is 0 Å². The molecule has 1 aliphatic heterocycles. The molecular weight excluding hydrogens is 282 g/mol. The molecule has 0 atom stereocenters. The van der Waals surface area contributed by atoms with E-state index in [9.17, 15) is 0 Å². The zero-order valence-electron chi connectivity index (χ0n) is 13.4. The van der Waals surface area contributed by atoms with E-state index in [1.807, 2.05) is 17.9 Å². The number of nitrogens with zero attached hydrogens (tertiary/aromatic N) is 4. The Morgan fingerprint density at radius 1 is 1.33 bits per heavy atom. The maximum Gasteiger partial charge on any atom is 0.169 e. The van der Waals surface area contributed by atoms with Crippen LogP contribution < -0.4 is 5.32 Å². The molecule has 0 amide bonds. The van der Waals surface area contributed by atoms with Crippen LogP contribution >= 0.6 is 12.2 Å². The van der Waals surface area contributed by atoms with Crippen LogP contribution in [0.25, 0.3) is 0 Å². The number of unbranched alkanes of at least 4 members (excludes halogenated alkanes) is 1. The Bertz CT molecular complexity index is 463. The first-order valence-corrected chi connectivity index (χ1v) is 8.25. The van der Waals surface area contributed by atoms with E-state index in [2.05, 4.69) is 34.1 Å². The Morgan fingerprint density at radius 3 is 2.62 bits per heavy atom. The van der Waals surface area contributed by atoms with Crippen LogP contribution in [0.15, 0.2) is 6.20 Å². The summed E-state index contributed by atoms with van der Waals surface area (Å²) in [6.07, 6.45) is 4.37. The molecule has 2 heterocycles. The first kappa shape index (κ1) is 16.2. The third-order valence-electron chi connectivity index (χ3n) is 4.20. The van der Waals surface area contributed by atoms with Crippen molar-refractivity contribution in [3.8, 4) is 0 Å². The van der Waals surface area contributed by atoms with Crippen LogP contribution in [0.3, 0.4) is 0 Å². The van der Waals surface area contributed by atoms with Gasteiger partial charge >= 0.3 is 0 Å². The molecule has 1 aliphatic rings. The third-order valence-corrected chi connectivity index (χ3v) is 4.60. The van der Waals surface area contributed by atoms with Gasteiger partial charge in [0.05, 0.1) is 6.20 Å². The van der Waals surface area contributed by atoms with Crippen LogP contribution in [0.1, 0.15) is 31.0 Å². The zero-order chi connectivity index (χ0) is 15.2. The van der Waals surface area contributed by atoms with Gasteiger partial charge in [-0.05, 0) is 25.6 Å². The number of aryl methyl sites for hydroxylation is 1. The van der Waals surface area contributed by atoms with Crippen molar-refractivity contribution in [3.05, 3.63) is 17.5 Å². The predicted octanol–water partition coefficient (Wildman–Crippen LogP) is 1.52. The third kappa shape index (κ3) is 4.41. The molecule has 0 spiro atoms. The van der Waals surface area contributed by atoms with Crippen molar-refractivity contribution in [1.29, 1.82) is 0 Å². The lowest BCUT2D eigenvalue weighted by Gasteiger charge is -2.36. The van der Waals surface area contributed by atoms with Gasteiger partial charge in [-0.2, -0.15) is 5.10 Å². The van der Waals surface area contributed by atoms with E-state index in [4.69, 9.17) is 12.2 Å². The lowest BCUT2D eigenvalue weighted by atomic mass is 10.2. The van der Waals surface area contributed by atoms with Crippen molar-refractivity contribution in [2.45, 2.75) is 33.2 Å². The van der Waals surface area contributed by atoms with Gasteiger partial charge in [-0.3, -0.25) is 9.58 Å². The maximum atomic E-state index is 5.46. The Kier molecular flexibility index (Phi) is 5.99. The largest absolute Gasteiger partial charge is 0.363 e. The SMILES string of the molecule is CCCCNC(=S)N1CCN(Cc2cnn(C)c2C)CC1. The Hall–Kier alpha value is -1.14. The molecule has 5 nitrogen and oxygen atoms in total. The number of aromatic nitrogens is 2. The van der Waals surface area contributed by atoms with E-state index in [1.165, 1.54) is 24.1 Å². The minimum absolute atomic E-state index is 0.917. The first-order chi connectivity index (χ1) is 10.1. The molecule has 6 heteroatoms. The van der Waals surface area contributed by atoms with Gasteiger partial charge in [-0.15, -0.1) is 0 Å². The van der Waals surface area contributed by atoms with Crippen molar-refractivity contribution in [1.82, 2.24) is 24.9 Å². The van der Waals surface area contributed by atoms with Crippen molar-refractivity contribution >= 4 is 17.3 Å². The van der Waals surface area contributed by atoms with E-state index in [0.29, 0.717) is 0 Å². The minimum atomic E-state index is 0.917. The van der Waals surface area contributed by atoms with Gasteiger partial charge < -0.3 is 10.2 Å². The fourth-order valence-corrected chi connectivity index (χ4v) is 2.82. The molecule has 1 aromatic rings. The molecule has 0 bridgehead atoms. The number of rotatable bonds is 5. The Balaban J connectivity index is 1.75. The second-order valence-electron chi connectivity index (χ2n) is 5.73. The molecule has 1 aromatic heterocycles. The molecule has 118 valence electrons. The summed E-state index contributed by atoms with van der Waals surface area (Å²) in [5.41, 5.74) is 2.59. The maximum absolute atomic E-state index is 5.46. The molecule has 0 saturated carbocycles. The lowest BCUT2D eigenvalue weighted by molar-refractivity contribution is 0.174. The van der Waals surface area contributed by atoms with Crippen molar-refractivity contribution in [2.75, 3.05) is 32.7 Å². The van der Waals surface area contributed by atoms with Gasteiger partial charge in [0.25, 0.3) is 0 Å². The van der Waals surface area contributed by atoms with E-state index in [-0.39, 0.29) is 0 Å². The van der Waals surface area contributed by atoms with Crippen LogP contribution in [-0.4, -0.2) is 57.4 Å². The highest BCUT2D eigenvalue weighted by Gasteiger charge is 2.19. The molecule has 1 N–H and O–H groups in total. The standard InChI is InChI=1S/C15H27N5S/c1-4-5-6-16-15(21)20-9-7-19(8-10-20)12-14-11-17-18(3)13(14)2/h11H,4-10,12H2,1-3H3,(H,16,21). The van der Waals surface area contributed by atoms with Crippen molar-refractivity contribution in [3.63, 3.8) is 0 Å². The molecule has 1 saturated heterocycles. The topological polar surface area (TPSA) is 36.3 Å². The smallest absolute Gasteiger partial charge is 0.169 e. The highest BCUT2D eigenvalue weighted by Crippen LogP contribution is 2.11. The summed E-state index contributed by atoms with van der Waals surface area (Å²) in [6.45, 7) is 10.5. The number of nitrogens with one attached hydrogen (secondary N) is 1. The summed E-state index contributed by atoms with van der Waals surface area (Å²) < 4.78 is 1.94. The van der Waals surface area contributed by atoms with Gasteiger partial charge in [0, 0.05) is 57.6 Å². The highest BCUT2D eigenvalue weighted by molar-refractivity contribution is 7.80. The quantitative estimate of drug-likeness (QED) is 0.659. The van der Waals surface area contributed by atoms with E-state index in [0.717, 1.165) is 44.4 Å². The van der Waals surface area contributed by atoms with Crippen molar-refractivity contribution in [2.24, 2.45) is 7.05 Å². The fraction of sp³-hybridized carbons (Fsp3) is 0.733. The monoisotopic (exact) mass is 309 g/mol. The van der Waals surface area contributed by atoms with Crippen LogP contribution in [0, 0.1) is 6.92 Å². The van der Waals surface area contributed by atoms with E-state index >= 15 is 0 Å². The molecule has 0 aromatic carbocycles. The van der Waals surface area contributed by atoms with Gasteiger partial charge in [0.1, 0.15) is 0 Å². The second-order valence-corrected chi connectivity index (χ2v) is 6.11. The first-order valence-electron chi connectivity index (χ1n) is 7.84. The molecule has 21 heavy (non-hydrogen) atoms. The molecule has 1 fully saturated rings. The number of hydrogen-bond donors (Lipinski definition) is 1. The van der Waals surface area contributed by atoms with Crippen LogP contribution in [0.4, 0.5) is 0 Å². The molecular formula is C15H27N5S. The predicted molar refractivity (Wildman–Crippen MR) is 90.3 cm³/mol. The Labute approximate surface area is 133 Å².